The van der Waals surface area contributed by atoms with Crippen molar-refractivity contribution in [3.8, 4) is 0 Å². The first-order chi connectivity index (χ1) is 23.1. The van der Waals surface area contributed by atoms with Crippen molar-refractivity contribution >= 4 is 77.4 Å². The van der Waals surface area contributed by atoms with Gasteiger partial charge in [0.25, 0.3) is 0 Å². The molecule has 0 spiro atoms. The second kappa shape index (κ2) is 11.9. The first kappa shape index (κ1) is 31.8. The van der Waals surface area contributed by atoms with Crippen LogP contribution in [-0.2, 0) is 25.7 Å². The number of aryl methyl sites for hydroxylation is 1. The van der Waals surface area contributed by atoms with Gasteiger partial charge in [-0.3, -0.25) is 0 Å². The molecule has 0 aromatic heterocycles. The van der Waals surface area contributed by atoms with Crippen molar-refractivity contribution in [2.24, 2.45) is 0 Å². The van der Waals surface area contributed by atoms with Gasteiger partial charge < -0.3 is 0 Å². The summed E-state index contributed by atoms with van der Waals surface area (Å²) in [5, 5.41) is 6.14. The average Bonchev–Trinajstić information content (AvgIpc) is 3.85. The Labute approximate surface area is 290 Å². The Kier molecular flexibility index (Phi) is 7.86. The summed E-state index contributed by atoms with van der Waals surface area (Å²) in [5.74, 6) is 0. The van der Waals surface area contributed by atoms with E-state index < -0.39 is 15.2 Å². The van der Waals surface area contributed by atoms with Gasteiger partial charge in [0, 0.05) is 0 Å². The molecule has 1 atom stereocenters. The van der Waals surface area contributed by atoms with Crippen LogP contribution in [-0.4, -0.2) is 32.1 Å². The molecule has 4 aromatic carbocycles. The van der Waals surface area contributed by atoms with Gasteiger partial charge in [-0.15, -0.1) is 0 Å². The maximum atomic E-state index is 2.66. The predicted octanol–water partition coefficient (Wildman–Crippen LogP) is 9.39. The normalized spacial score (nSPS) is 18.9. The van der Waals surface area contributed by atoms with Gasteiger partial charge >= 0.3 is 291 Å². The Hall–Kier alpha value is -3.44. The number of nitrogens with zero attached hydrogens (tertiary/aromatic N) is 2. The minimum atomic E-state index is -2.37. The van der Waals surface area contributed by atoms with Crippen LogP contribution < -0.4 is 31.0 Å². The van der Waals surface area contributed by atoms with Crippen LogP contribution in [0.4, 0.5) is 22.7 Å². The van der Waals surface area contributed by atoms with Gasteiger partial charge in [0.15, 0.2) is 0 Å². The second-order valence-electron chi connectivity index (χ2n) is 15.1. The summed E-state index contributed by atoms with van der Waals surface area (Å²) < 4.78 is 0. The third-order valence-electron chi connectivity index (χ3n) is 11.9. The van der Waals surface area contributed by atoms with Gasteiger partial charge in [0.1, 0.15) is 0 Å². The first-order valence-corrected chi connectivity index (χ1v) is 22.0. The number of rotatable bonds is 3. The molecule has 0 bridgehead atoms. The quantitative estimate of drug-likeness (QED) is 0.201. The Morgan fingerprint density at radius 3 is 1.77 bits per heavy atom. The molecule has 1 aliphatic heterocycles. The van der Waals surface area contributed by atoms with E-state index in [2.05, 4.69) is 156 Å². The molecule has 0 fully saturated rings. The number of anilines is 4. The van der Waals surface area contributed by atoms with Crippen LogP contribution in [0.25, 0.3) is 18.2 Å². The predicted molar refractivity (Wildman–Crippen MR) is 219 cm³/mol. The van der Waals surface area contributed by atoms with Crippen LogP contribution in [0, 0.1) is 0 Å². The van der Waals surface area contributed by atoms with Crippen molar-refractivity contribution in [3.05, 3.63) is 112 Å². The molecule has 2 nitrogen and oxygen atoms in total. The molecular weight excluding hydrogens is 618 g/mol. The van der Waals surface area contributed by atoms with Crippen molar-refractivity contribution in [3.63, 3.8) is 0 Å². The van der Waals surface area contributed by atoms with Crippen molar-refractivity contribution < 1.29 is 0 Å². The summed E-state index contributed by atoms with van der Waals surface area (Å²) in [5.41, 5.74) is 16.5. The summed E-state index contributed by atoms with van der Waals surface area (Å²) >= 11 is 0. The zero-order chi connectivity index (χ0) is 33.5. The van der Waals surface area contributed by atoms with Gasteiger partial charge in [0.05, 0.1) is 0 Å². The first-order valence-electron chi connectivity index (χ1n) is 18.0. The van der Waals surface area contributed by atoms with E-state index in [1.165, 1.54) is 72.3 Å². The van der Waals surface area contributed by atoms with E-state index in [-0.39, 0.29) is 0 Å². The Balaban J connectivity index is 1.54. The number of allylic oxidation sites excluding steroid dienone is 3. The van der Waals surface area contributed by atoms with Crippen molar-refractivity contribution in [1.29, 1.82) is 0 Å². The SMILES string of the molecule is CCc1ccc2c(c1)[PH](C)(C(C)C)c1cc3c(cc1N(C)c1cc4c(cc1P(C(C)C)c1cc5c(cc1N2C)CC=C5)CC=C4)CC=C3. The van der Waals surface area contributed by atoms with Gasteiger partial charge in [-0.05, 0) is 0 Å². The monoisotopic (exact) mass is 668 g/mol. The van der Waals surface area contributed by atoms with Crippen LogP contribution in [0.15, 0.2) is 72.8 Å². The molecule has 0 saturated carbocycles. The zero-order valence-electron chi connectivity index (χ0n) is 30.0. The molecule has 0 radical (unpaired) electrons. The van der Waals surface area contributed by atoms with E-state index in [1.807, 2.05) is 0 Å². The summed E-state index contributed by atoms with van der Waals surface area (Å²) in [7, 11) is 1.67. The summed E-state index contributed by atoms with van der Waals surface area (Å²) in [6.07, 6.45) is 18.2. The third-order valence-corrected chi connectivity index (χ3v) is 20.0. The standard InChI is InChI=1S/C44H50N2P2/c1-9-30-19-20-37-43(21-30)48(8,29(4)5)44-27-36-18-12-15-33(36)24-40(44)46(7)39-23-32-14-11-17-35(32)26-42(39)47(28(2)3)41-25-34-16-10-13-31(34)22-38(41)45(37)6/h10-12,14,16,18-29,48H,9,13,15,17H2,1-8H3. The number of hydrogen-bond donors (Lipinski definition) is 0. The second-order valence-corrected chi connectivity index (χ2v) is 22.5. The molecule has 8 rings (SSSR count). The molecule has 1 heterocycles. The van der Waals surface area contributed by atoms with Crippen LogP contribution in [0.5, 0.6) is 0 Å². The number of benzene rings is 4. The van der Waals surface area contributed by atoms with Crippen molar-refractivity contribution in [2.75, 3.05) is 30.6 Å². The Bertz CT molecular complexity index is 2070. The van der Waals surface area contributed by atoms with E-state index in [0.29, 0.717) is 11.3 Å². The van der Waals surface area contributed by atoms with E-state index >= 15 is 0 Å². The van der Waals surface area contributed by atoms with Crippen LogP contribution in [0.1, 0.15) is 73.6 Å². The molecule has 0 N–H and O–H groups in total. The van der Waals surface area contributed by atoms with E-state index in [1.54, 1.807) is 10.6 Å². The summed E-state index contributed by atoms with van der Waals surface area (Å²) in [6, 6.07) is 22.9. The number of hydrogen-bond acceptors (Lipinski definition) is 2. The minimum absolute atomic E-state index is 0.471. The van der Waals surface area contributed by atoms with Crippen molar-refractivity contribution in [2.45, 2.75) is 71.6 Å². The fraction of sp³-hybridized carbons (Fsp3) is 0.318. The number of fused-ring (bicyclic) bond motifs is 7. The molecule has 1 unspecified atom stereocenters. The molecule has 0 saturated heterocycles. The van der Waals surface area contributed by atoms with Gasteiger partial charge in [0.2, 0.25) is 0 Å². The van der Waals surface area contributed by atoms with Crippen LogP contribution in [0.3, 0.4) is 0 Å². The fourth-order valence-electron chi connectivity index (χ4n) is 8.70. The molecule has 48 heavy (non-hydrogen) atoms. The van der Waals surface area contributed by atoms with Crippen LogP contribution in [0.2, 0.25) is 0 Å². The molecule has 246 valence electrons. The third kappa shape index (κ3) is 4.82. The Morgan fingerprint density at radius 1 is 0.625 bits per heavy atom. The van der Waals surface area contributed by atoms with E-state index in [4.69, 9.17) is 0 Å². The molecule has 0 amide bonds. The maximum absolute atomic E-state index is 2.66. The van der Waals surface area contributed by atoms with Gasteiger partial charge in [-0.2, -0.15) is 0 Å². The molecule has 4 aliphatic rings. The molecule has 4 heteroatoms. The summed E-state index contributed by atoms with van der Waals surface area (Å²) in [4.78, 5) is 5.21. The Morgan fingerprint density at radius 2 is 1.15 bits per heavy atom. The topological polar surface area (TPSA) is 6.48 Å². The van der Waals surface area contributed by atoms with E-state index in [0.717, 1.165) is 25.7 Å². The molecule has 3 aliphatic carbocycles. The molecule has 4 aromatic rings. The van der Waals surface area contributed by atoms with Gasteiger partial charge in [-0.25, -0.2) is 0 Å². The van der Waals surface area contributed by atoms with Crippen molar-refractivity contribution in [1.82, 2.24) is 0 Å². The average molecular weight is 669 g/mol. The summed E-state index contributed by atoms with van der Waals surface area (Å²) in [6.45, 7) is 14.9. The van der Waals surface area contributed by atoms with Gasteiger partial charge in [-0.1, -0.05) is 0 Å². The fourth-order valence-corrected chi connectivity index (χ4v) is 15.6. The molecular formula is C44H50N2P2. The van der Waals surface area contributed by atoms with E-state index in [9.17, 15) is 0 Å². The van der Waals surface area contributed by atoms with Crippen LogP contribution >= 0.6 is 15.2 Å². The zero-order valence-corrected chi connectivity index (χ0v) is 31.9.